The molecule has 0 bridgehead atoms. The van der Waals surface area contributed by atoms with E-state index in [-0.39, 0.29) is 6.03 Å². The fourth-order valence-corrected chi connectivity index (χ4v) is 2.81. The van der Waals surface area contributed by atoms with Crippen LogP contribution in [-0.4, -0.2) is 43.2 Å². The standard InChI is InChI=1S/C11H21N3O/c1-12-11(15)14-8-3-2-6-10(14)9-5-4-7-13-9/h9-10,13H,2-8H2,1H3,(H,12,15). The zero-order valence-electron chi connectivity index (χ0n) is 9.46. The summed E-state index contributed by atoms with van der Waals surface area (Å²) in [5.74, 6) is 0. The molecule has 2 rings (SSSR count). The summed E-state index contributed by atoms with van der Waals surface area (Å²) in [6.45, 7) is 2.03. The molecule has 0 aromatic heterocycles. The molecule has 2 unspecified atom stereocenters. The Bertz CT molecular complexity index is 226. The van der Waals surface area contributed by atoms with Gasteiger partial charge in [0.05, 0.1) is 0 Å². The average molecular weight is 211 g/mol. The number of nitrogens with zero attached hydrogens (tertiary/aromatic N) is 1. The quantitative estimate of drug-likeness (QED) is 0.678. The van der Waals surface area contributed by atoms with Crippen LogP contribution in [0.5, 0.6) is 0 Å². The normalized spacial score (nSPS) is 31.7. The van der Waals surface area contributed by atoms with E-state index in [2.05, 4.69) is 10.6 Å². The van der Waals surface area contributed by atoms with Crippen molar-refractivity contribution in [1.29, 1.82) is 0 Å². The molecule has 0 aromatic rings. The molecular formula is C11H21N3O. The monoisotopic (exact) mass is 211 g/mol. The molecule has 4 heteroatoms. The number of piperidine rings is 1. The van der Waals surface area contributed by atoms with E-state index in [1.807, 2.05) is 4.90 Å². The van der Waals surface area contributed by atoms with Crippen LogP contribution in [0.25, 0.3) is 0 Å². The number of nitrogens with one attached hydrogen (secondary N) is 2. The lowest BCUT2D eigenvalue weighted by Gasteiger charge is -2.38. The fourth-order valence-electron chi connectivity index (χ4n) is 2.81. The van der Waals surface area contributed by atoms with Gasteiger partial charge in [-0.05, 0) is 38.6 Å². The molecule has 0 saturated carbocycles. The van der Waals surface area contributed by atoms with E-state index in [9.17, 15) is 4.79 Å². The maximum atomic E-state index is 11.7. The fraction of sp³-hybridized carbons (Fsp3) is 0.909. The number of amides is 2. The van der Waals surface area contributed by atoms with E-state index in [4.69, 9.17) is 0 Å². The van der Waals surface area contributed by atoms with E-state index in [0.717, 1.165) is 25.9 Å². The van der Waals surface area contributed by atoms with Gasteiger partial charge < -0.3 is 15.5 Å². The van der Waals surface area contributed by atoms with Crippen molar-refractivity contribution in [2.45, 2.75) is 44.2 Å². The van der Waals surface area contributed by atoms with Crippen LogP contribution in [0.3, 0.4) is 0 Å². The van der Waals surface area contributed by atoms with Crippen molar-refractivity contribution in [1.82, 2.24) is 15.5 Å². The first kappa shape index (κ1) is 10.7. The minimum atomic E-state index is 0.0911. The summed E-state index contributed by atoms with van der Waals surface area (Å²) in [5, 5.41) is 6.26. The Balaban J connectivity index is 2.01. The Morgan fingerprint density at radius 3 is 2.87 bits per heavy atom. The van der Waals surface area contributed by atoms with Gasteiger partial charge in [0.2, 0.25) is 0 Å². The first-order valence-electron chi connectivity index (χ1n) is 6.04. The summed E-state index contributed by atoms with van der Waals surface area (Å²) in [6.07, 6.45) is 6.04. The third-order valence-electron chi connectivity index (χ3n) is 3.59. The first-order chi connectivity index (χ1) is 7.33. The molecule has 4 nitrogen and oxygen atoms in total. The smallest absolute Gasteiger partial charge is 0.317 e. The van der Waals surface area contributed by atoms with E-state index in [0.29, 0.717) is 12.1 Å². The van der Waals surface area contributed by atoms with Crippen molar-refractivity contribution in [2.75, 3.05) is 20.1 Å². The Labute approximate surface area is 91.4 Å². The van der Waals surface area contributed by atoms with Crippen molar-refractivity contribution in [3.8, 4) is 0 Å². The molecule has 2 aliphatic rings. The molecule has 0 spiro atoms. The molecule has 2 fully saturated rings. The van der Waals surface area contributed by atoms with Gasteiger partial charge in [-0.15, -0.1) is 0 Å². The summed E-state index contributed by atoms with van der Waals surface area (Å²) in [5.41, 5.74) is 0. The van der Waals surface area contributed by atoms with Crippen molar-refractivity contribution in [3.05, 3.63) is 0 Å². The number of urea groups is 1. The second-order valence-electron chi connectivity index (χ2n) is 4.51. The van der Waals surface area contributed by atoms with E-state index < -0.39 is 0 Å². The lowest BCUT2D eigenvalue weighted by molar-refractivity contribution is 0.134. The number of hydrogen-bond donors (Lipinski definition) is 2. The highest BCUT2D eigenvalue weighted by Crippen LogP contribution is 2.24. The lowest BCUT2D eigenvalue weighted by atomic mass is 9.95. The second kappa shape index (κ2) is 4.84. The van der Waals surface area contributed by atoms with Crippen molar-refractivity contribution in [2.24, 2.45) is 0 Å². The second-order valence-corrected chi connectivity index (χ2v) is 4.51. The molecule has 0 aromatic carbocycles. The van der Waals surface area contributed by atoms with Crippen LogP contribution in [0, 0.1) is 0 Å². The lowest BCUT2D eigenvalue weighted by Crippen LogP contribution is -2.54. The van der Waals surface area contributed by atoms with Gasteiger partial charge in [-0.2, -0.15) is 0 Å². The van der Waals surface area contributed by atoms with Crippen LogP contribution in [-0.2, 0) is 0 Å². The van der Waals surface area contributed by atoms with Gasteiger partial charge >= 0.3 is 6.03 Å². The number of carbonyl (C=O) groups is 1. The summed E-state index contributed by atoms with van der Waals surface area (Å²) < 4.78 is 0. The zero-order chi connectivity index (χ0) is 10.7. The van der Waals surface area contributed by atoms with Gasteiger partial charge in [0, 0.05) is 25.7 Å². The minimum Gasteiger partial charge on any atom is -0.341 e. The topological polar surface area (TPSA) is 44.4 Å². The highest BCUT2D eigenvalue weighted by molar-refractivity contribution is 5.74. The number of likely N-dealkylation sites (tertiary alicyclic amines) is 1. The summed E-state index contributed by atoms with van der Waals surface area (Å²) in [7, 11) is 1.72. The van der Waals surface area contributed by atoms with Gasteiger partial charge in [-0.25, -0.2) is 4.79 Å². The highest BCUT2D eigenvalue weighted by Gasteiger charge is 2.33. The first-order valence-corrected chi connectivity index (χ1v) is 6.04. The number of hydrogen-bond acceptors (Lipinski definition) is 2. The Kier molecular flexibility index (Phi) is 3.46. The molecule has 0 aliphatic carbocycles. The molecule has 2 heterocycles. The summed E-state index contributed by atoms with van der Waals surface area (Å²) in [4.78, 5) is 13.7. The van der Waals surface area contributed by atoms with Crippen LogP contribution in [0.2, 0.25) is 0 Å². The van der Waals surface area contributed by atoms with Gasteiger partial charge in [0.25, 0.3) is 0 Å². The number of carbonyl (C=O) groups excluding carboxylic acids is 1. The SMILES string of the molecule is CNC(=O)N1CCCCC1C1CCCN1. The van der Waals surface area contributed by atoms with Gasteiger partial charge in [-0.3, -0.25) is 0 Å². The number of rotatable bonds is 1. The molecule has 2 N–H and O–H groups in total. The molecular weight excluding hydrogens is 190 g/mol. The van der Waals surface area contributed by atoms with E-state index in [1.54, 1.807) is 7.05 Å². The molecule has 2 saturated heterocycles. The van der Waals surface area contributed by atoms with Crippen molar-refractivity contribution in [3.63, 3.8) is 0 Å². The summed E-state index contributed by atoms with van der Waals surface area (Å²) in [6, 6.07) is 1.04. The summed E-state index contributed by atoms with van der Waals surface area (Å²) >= 11 is 0. The van der Waals surface area contributed by atoms with E-state index in [1.165, 1.54) is 19.3 Å². The average Bonchev–Trinajstić information content (AvgIpc) is 2.81. The van der Waals surface area contributed by atoms with Crippen LogP contribution < -0.4 is 10.6 Å². The minimum absolute atomic E-state index is 0.0911. The highest BCUT2D eigenvalue weighted by atomic mass is 16.2. The largest absolute Gasteiger partial charge is 0.341 e. The van der Waals surface area contributed by atoms with Crippen LogP contribution in [0.4, 0.5) is 4.79 Å². The predicted octanol–water partition coefficient (Wildman–Crippen LogP) is 0.932. The van der Waals surface area contributed by atoms with Crippen molar-refractivity contribution < 1.29 is 4.79 Å². The zero-order valence-corrected chi connectivity index (χ0v) is 9.46. The van der Waals surface area contributed by atoms with Crippen molar-refractivity contribution >= 4 is 6.03 Å². The molecule has 0 radical (unpaired) electrons. The van der Waals surface area contributed by atoms with Gasteiger partial charge in [0.1, 0.15) is 0 Å². The predicted molar refractivity (Wildman–Crippen MR) is 59.8 cm³/mol. The maximum absolute atomic E-state index is 11.7. The van der Waals surface area contributed by atoms with Crippen LogP contribution in [0.1, 0.15) is 32.1 Å². The molecule has 86 valence electrons. The van der Waals surface area contributed by atoms with Crippen LogP contribution >= 0.6 is 0 Å². The molecule has 2 atom stereocenters. The third kappa shape index (κ3) is 2.25. The molecule has 2 amide bonds. The Morgan fingerprint density at radius 1 is 1.33 bits per heavy atom. The van der Waals surface area contributed by atoms with E-state index >= 15 is 0 Å². The third-order valence-corrected chi connectivity index (χ3v) is 3.59. The van der Waals surface area contributed by atoms with Gasteiger partial charge in [-0.1, -0.05) is 0 Å². The Hall–Kier alpha value is -0.770. The molecule has 15 heavy (non-hydrogen) atoms. The van der Waals surface area contributed by atoms with Crippen LogP contribution in [0.15, 0.2) is 0 Å². The van der Waals surface area contributed by atoms with Gasteiger partial charge in [0.15, 0.2) is 0 Å². The Morgan fingerprint density at radius 2 is 2.20 bits per heavy atom. The molecule has 2 aliphatic heterocycles. The maximum Gasteiger partial charge on any atom is 0.317 e.